The van der Waals surface area contributed by atoms with Crippen LogP contribution in [0.25, 0.3) is 0 Å². The van der Waals surface area contributed by atoms with Crippen LogP contribution in [0.5, 0.6) is 0 Å². The van der Waals surface area contributed by atoms with Crippen molar-refractivity contribution in [3.63, 3.8) is 0 Å². The molecule has 1 atom stereocenters. The van der Waals surface area contributed by atoms with Crippen LogP contribution in [-0.4, -0.2) is 12.5 Å². The molecule has 0 aliphatic rings. The van der Waals surface area contributed by atoms with E-state index in [2.05, 4.69) is 0 Å². The van der Waals surface area contributed by atoms with Crippen LogP contribution in [0.1, 0.15) is 18.6 Å². The summed E-state index contributed by atoms with van der Waals surface area (Å²) in [6.45, 7) is 2.68. The normalized spacial score (nSPS) is 12.8. The number of hydrogen-bond donors (Lipinski definition) is 0. The molecule has 1 aromatic rings. The summed E-state index contributed by atoms with van der Waals surface area (Å²) >= 11 is 5.76. The van der Waals surface area contributed by atoms with E-state index >= 15 is 0 Å². The van der Waals surface area contributed by atoms with E-state index in [4.69, 9.17) is 16.3 Å². The SMILES string of the molecule is CCOC(CCl)c1ccccc1. The summed E-state index contributed by atoms with van der Waals surface area (Å²) in [5.74, 6) is 0.512. The Morgan fingerprint density at radius 1 is 1.33 bits per heavy atom. The summed E-state index contributed by atoms with van der Waals surface area (Å²) in [6.07, 6.45) is 0.0397. The highest BCUT2D eigenvalue weighted by Gasteiger charge is 2.07. The highest BCUT2D eigenvalue weighted by molar-refractivity contribution is 6.18. The van der Waals surface area contributed by atoms with E-state index in [-0.39, 0.29) is 6.10 Å². The molecule has 0 fully saturated rings. The van der Waals surface area contributed by atoms with Gasteiger partial charge >= 0.3 is 0 Å². The second kappa shape index (κ2) is 5.18. The predicted molar refractivity (Wildman–Crippen MR) is 51.5 cm³/mol. The van der Waals surface area contributed by atoms with Crippen molar-refractivity contribution in [2.45, 2.75) is 13.0 Å². The number of ether oxygens (including phenoxy) is 1. The maximum Gasteiger partial charge on any atom is 0.0959 e. The molecular weight excluding hydrogens is 172 g/mol. The molecule has 1 unspecified atom stereocenters. The zero-order valence-corrected chi connectivity index (χ0v) is 7.92. The minimum Gasteiger partial charge on any atom is -0.373 e. The van der Waals surface area contributed by atoms with E-state index in [0.29, 0.717) is 12.5 Å². The Morgan fingerprint density at radius 2 is 2.00 bits per heavy atom. The van der Waals surface area contributed by atoms with Crippen LogP contribution < -0.4 is 0 Å². The maximum atomic E-state index is 5.76. The standard InChI is InChI=1S/C10H13ClO/c1-2-12-10(8-11)9-6-4-3-5-7-9/h3-7,10H,2,8H2,1H3. The van der Waals surface area contributed by atoms with Gasteiger partial charge in [-0.05, 0) is 12.5 Å². The summed E-state index contributed by atoms with van der Waals surface area (Å²) in [5.41, 5.74) is 1.15. The number of rotatable bonds is 4. The van der Waals surface area contributed by atoms with Crippen LogP contribution in [0.2, 0.25) is 0 Å². The third-order valence-corrected chi connectivity index (χ3v) is 1.96. The molecule has 0 bridgehead atoms. The number of hydrogen-bond acceptors (Lipinski definition) is 1. The average Bonchev–Trinajstić information content (AvgIpc) is 2.15. The van der Waals surface area contributed by atoms with Gasteiger partial charge in [-0.2, -0.15) is 0 Å². The van der Waals surface area contributed by atoms with Crippen molar-refractivity contribution in [1.29, 1.82) is 0 Å². The summed E-state index contributed by atoms with van der Waals surface area (Å²) in [4.78, 5) is 0. The van der Waals surface area contributed by atoms with E-state index in [1.165, 1.54) is 0 Å². The van der Waals surface area contributed by atoms with Crippen LogP contribution in [0, 0.1) is 0 Å². The molecule has 0 N–H and O–H groups in total. The first-order valence-electron chi connectivity index (χ1n) is 4.11. The number of halogens is 1. The average molecular weight is 185 g/mol. The van der Waals surface area contributed by atoms with E-state index in [9.17, 15) is 0 Å². The molecule has 0 radical (unpaired) electrons. The molecule has 0 heterocycles. The summed E-state index contributed by atoms with van der Waals surface area (Å²) < 4.78 is 5.45. The fourth-order valence-electron chi connectivity index (χ4n) is 1.10. The molecule has 1 aromatic carbocycles. The van der Waals surface area contributed by atoms with Crippen molar-refractivity contribution in [3.05, 3.63) is 35.9 Å². The Labute approximate surface area is 78.3 Å². The minimum atomic E-state index is 0.0397. The third-order valence-electron chi connectivity index (χ3n) is 1.68. The first-order chi connectivity index (χ1) is 5.88. The lowest BCUT2D eigenvalue weighted by molar-refractivity contribution is 0.0788. The molecule has 0 aliphatic heterocycles. The van der Waals surface area contributed by atoms with Crippen molar-refractivity contribution >= 4 is 11.6 Å². The van der Waals surface area contributed by atoms with Gasteiger partial charge in [0.15, 0.2) is 0 Å². The van der Waals surface area contributed by atoms with Gasteiger partial charge in [0.25, 0.3) is 0 Å². The molecule has 0 saturated carbocycles. The Bertz CT molecular complexity index is 210. The second-order valence-electron chi connectivity index (χ2n) is 2.51. The minimum absolute atomic E-state index is 0.0397. The fraction of sp³-hybridized carbons (Fsp3) is 0.400. The van der Waals surface area contributed by atoms with Crippen LogP contribution in [0.4, 0.5) is 0 Å². The van der Waals surface area contributed by atoms with Crippen LogP contribution >= 0.6 is 11.6 Å². The maximum absolute atomic E-state index is 5.76. The van der Waals surface area contributed by atoms with Gasteiger partial charge in [-0.3, -0.25) is 0 Å². The molecule has 1 nitrogen and oxygen atoms in total. The Balaban J connectivity index is 2.66. The summed E-state index contributed by atoms with van der Waals surface area (Å²) in [7, 11) is 0. The molecule has 0 aromatic heterocycles. The van der Waals surface area contributed by atoms with Gasteiger partial charge in [-0.25, -0.2) is 0 Å². The van der Waals surface area contributed by atoms with Gasteiger partial charge in [-0.1, -0.05) is 30.3 Å². The monoisotopic (exact) mass is 184 g/mol. The van der Waals surface area contributed by atoms with E-state index in [1.807, 2.05) is 37.3 Å². The molecular formula is C10H13ClO. The highest BCUT2D eigenvalue weighted by atomic mass is 35.5. The molecule has 0 saturated heterocycles. The van der Waals surface area contributed by atoms with Crippen molar-refractivity contribution < 1.29 is 4.74 Å². The van der Waals surface area contributed by atoms with Crippen LogP contribution in [0.15, 0.2) is 30.3 Å². The largest absolute Gasteiger partial charge is 0.373 e. The Kier molecular flexibility index (Phi) is 4.12. The van der Waals surface area contributed by atoms with Crippen molar-refractivity contribution in [1.82, 2.24) is 0 Å². The Morgan fingerprint density at radius 3 is 2.50 bits per heavy atom. The lowest BCUT2D eigenvalue weighted by Gasteiger charge is -2.13. The Hall–Kier alpha value is -0.530. The molecule has 12 heavy (non-hydrogen) atoms. The molecule has 2 heteroatoms. The lowest BCUT2D eigenvalue weighted by atomic mass is 10.1. The van der Waals surface area contributed by atoms with Gasteiger partial charge in [0, 0.05) is 6.61 Å². The van der Waals surface area contributed by atoms with E-state index < -0.39 is 0 Å². The molecule has 0 aliphatic carbocycles. The van der Waals surface area contributed by atoms with Gasteiger partial charge in [0.1, 0.15) is 0 Å². The van der Waals surface area contributed by atoms with E-state index in [1.54, 1.807) is 0 Å². The zero-order chi connectivity index (χ0) is 8.81. The quantitative estimate of drug-likeness (QED) is 0.654. The zero-order valence-electron chi connectivity index (χ0n) is 7.16. The topological polar surface area (TPSA) is 9.23 Å². The summed E-state index contributed by atoms with van der Waals surface area (Å²) in [6, 6.07) is 10.0. The van der Waals surface area contributed by atoms with Gasteiger partial charge < -0.3 is 4.74 Å². The second-order valence-corrected chi connectivity index (χ2v) is 2.82. The number of benzene rings is 1. The predicted octanol–water partition coefficient (Wildman–Crippen LogP) is 3.00. The van der Waals surface area contributed by atoms with Crippen molar-refractivity contribution in [3.8, 4) is 0 Å². The highest BCUT2D eigenvalue weighted by Crippen LogP contribution is 2.17. The third kappa shape index (κ3) is 2.50. The van der Waals surface area contributed by atoms with Gasteiger partial charge in [-0.15, -0.1) is 11.6 Å². The smallest absolute Gasteiger partial charge is 0.0959 e. The first kappa shape index (κ1) is 9.56. The van der Waals surface area contributed by atoms with E-state index in [0.717, 1.165) is 5.56 Å². The van der Waals surface area contributed by atoms with Crippen LogP contribution in [-0.2, 0) is 4.74 Å². The van der Waals surface area contributed by atoms with Gasteiger partial charge in [0.2, 0.25) is 0 Å². The lowest BCUT2D eigenvalue weighted by Crippen LogP contribution is -2.05. The molecule has 0 spiro atoms. The fourth-order valence-corrected chi connectivity index (χ4v) is 1.37. The summed E-state index contributed by atoms with van der Waals surface area (Å²) in [5, 5.41) is 0. The van der Waals surface area contributed by atoms with Crippen LogP contribution in [0.3, 0.4) is 0 Å². The molecule has 0 amide bonds. The van der Waals surface area contributed by atoms with Crippen molar-refractivity contribution in [2.75, 3.05) is 12.5 Å². The van der Waals surface area contributed by atoms with Crippen molar-refractivity contribution in [2.24, 2.45) is 0 Å². The number of alkyl halides is 1. The first-order valence-corrected chi connectivity index (χ1v) is 4.64. The molecule has 1 rings (SSSR count). The molecule has 66 valence electrons. The van der Waals surface area contributed by atoms with Gasteiger partial charge in [0.05, 0.1) is 12.0 Å².